The van der Waals surface area contributed by atoms with Crippen LogP contribution in [-0.4, -0.2) is 38.9 Å². The van der Waals surface area contributed by atoms with Gasteiger partial charge in [-0.1, -0.05) is 194 Å². The van der Waals surface area contributed by atoms with Crippen molar-refractivity contribution in [1.82, 2.24) is 0 Å². The summed E-state index contributed by atoms with van der Waals surface area (Å²) in [6.45, 7) is -0.510. The number of anilines is 23. The van der Waals surface area contributed by atoms with Crippen LogP contribution >= 0.6 is 35.8 Å². The first-order chi connectivity index (χ1) is 53.5. The quantitative estimate of drug-likeness (QED) is 0.0833. The molecule has 0 aromatic heterocycles. The smallest absolute Gasteiger partial charge is 0.252 e. The molecule has 0 unspecified atom stereocenters. The second-order valence-electron chi connectivity index (χ2n) is 28.0. The van der Waals surface area contributed by atoms with Crippen molar-refractivity contribution in [3.05, 3.63) is 352 Å². The molecule has 0 spiro atoms. The number of benzene rings is 15. The van der Waals surface area contributed by atoms with Crippen LogP contribution in [0.5, 0.6) is 0 Å². The summed E-state index contributed by atoms with van der Waals surface area (Å²) in [4.78, 5) is 12.3. The van der Waals surface area contributed by atoms with Crippen molar-refractivity contribution in [3.63, 3.8) is 0 Å². The molecule has 6 aliphatic heterocycles. The molecule has 0 aliphatic carbocycles. The molecule has 0 atom stereocenters. The number of hydrogen-bond donors (Lipinski definition) is 1. The third kappa shape index (κ3) is 10.0. The summed E-state index contributed by atoms with van der Waals surface area (Å²) in [7, 11) is 0. The van der Waals surface area contributed by atoms with Gasteiger partial charge in [0.05, 0.1) is 34.1 Å². The Morgan fingerprint density at radius 3 is 0.889 bits per heavy atom. The van der Waals surface area contributed by atoms with E-state index in [-0.39, 0.29) is 20.1 Å². The molecule has 0 fully saturated rings. The van der Waals surface area contributed by atoms with E-state index >= 15 is 0 Å². The van der Waals surface area contributed by atoms with Gasteiger partial charge in [0, 0.05) is 115 Å². The van der Waals surface area contributed by atoms with Crippen LogP contribution in [0.25, 0.3) is 0 Å². The molecule has 0 saturated carbocycles. The lowest BCUT2D eigenvalue weighted by Crippen LogP contribution is -2.66. The van der Waals surface area contributed by atoms with Gasteiger partial charge in [0.2, 0.25) is 0 Å². The van der Waals surface area contributed by atoms with E-state index < -0.39 is 0 Å². The van der Waals surface area contributed by atoms with Crippen LogP contribution in [0.4, 0.5) is 131 Å². The third-order valence-corrected chi connectivity index (χ3v) is 24.6. The van der Waals surface area contributed by atoms with Crippen LogP contribution in [0.15, 0.2) is 352 Å². The van der Waals surface area contributed by atoms with Crippen LogP contribution < -0.4 is 91.9 Å². The standard InChI is InChI=1S/C93H68B3N9S3/c1-106-103-83-60-79-75(94-73-48-28-30-50-81(73)101(68-44-24-10-25-45-68)86-53-70(52-80(97-79)91(86)94)98(62-32-12-4-13-33-62)63-34-14-5-15-35-63)58-76(83)96-78-59-77-84(61-85(78)105(108-3)90-57-72(56-89(103)93(90)96)100(66-40-20-8-21-41-66)67-42-22-9-23-43-67)104(107-2)88-55-71(99(64-36-16-6-17-37-64)65-38-18-7-19-39-65)54-87-92(88)95(77)74-49-29-31-51-82(74)102(87)69-46-26-11-27-47-69/h4-61,97H,1-3H3. The van der Waals surface area contributed by atoms with Gasteiger partial charge in [-0.25, -0.2) is 0 Å². The maximum Gasteiger partial charge on any atom is 0.252 e. The lowest BCUT2D eigenvalue weighted by atomic mass is 9.29. The highest BCUT2D eigenvalue weighted by Gasteiger charge is 2.50. The Kier molecular flexibility index (Phi) is 15.5. The van der Waals surface area contributed by atoms with E-state index in [1.807, 2.05) is 0 Å². The molecule has 0 amide bonds. The molecule has 512 valence electrons. The minimum absolute atomic E-state index is 0.143. The molecular formula is C93H68B3N9S3. The lowest BCUT2D eigenvalue weighted by molar-refractivity contribution is 1.25. The summed E-state index contributed by atoms with van der Waals surface area (Å²) in [5, 5.41) is 4.28. The van der Waals surface area contributed by atoms with E-state index in [0.29, 0.717) is 0 Å². The van der Waals surface area contributed by atoms with Gasteiger partial charge >= 0.3 is 0 Å². The molecule has 0 saturated heterocycles. The highest BCUT2D eigenvalue weighted by molar-refractivity contribution is 8.01. The summed E-state index contributed by atoms with van der Waals surface area (Å²) < 4.78 is 7.65. The summed E-state index contributed by atoms with van der Waals surface area (Å²) in [5.41, 5.74) is 37.1. The lowest BCUT2D eigenvalue weighted by Gasteiger charge is -2.47. The summed E-state index contributed by atoms with van der Waals surface area (Å²) >= 11 is 5.34. The van der Waals surface area contributed by atoms with Crippen LogP contribution in [0.1, 0.15) is 0 Å². The van der Waals surface area contributed by atoms with Crippen molar-refractivity contribution in [2.24, 2.45) is 0 Å². The van der Waals surface area contributed by atoms with E-state index in [1.54, 1.807) is 35.8 Å². The molecule has 0 radical (unpaired) electrons. The summed E-state index contributed by atoms with van der Waals surface area (Å²) in [6, 6.07) is 130. The number of para-hydroxylation sites is 10. The Balaban J connectivity index is 0.829. The fourth-order valence-electron chi connectivity index (χ4n) is 18.1. The number of rotatable bonds is 14. The van der Waals surface area contributed by atoms with Gasteiger partial charge in [-0.2, -0.15) is 0 Å². The van der Waals surface area contributed by atoms with Gasteiger partial charge in [0.25, 0.3) is 20.1 Å². The fraction of sp³-hybridized carbons (Fsp3) is 0.0323. The maximum absolute atomic E-state index is 4.28. The zero-order valence-electron chi connectivity index (χ0n) is 59.5. The third-order valence-electron chi connectivity index (χ3n) is 22.3. The van der Waals surface area contributed by atoms with Crippen LogP contribution in [-0.2, 0) is 0 Å². The van der Waals surface area contributed by atoms with Crippen LogP contribution in [0.3, 0.4) is 0 Å². The van der Waals surface area contributed by atoms with Gasteiger partial charge in [-0.05, 0) is 243 Å². The number of fused-ring (bicyclic) bond motifs is 12. The van der Waals surface area contributed by atoms with Gasteiger partial charge in [-0.3, -0.25) is 12.9 Å². The number of hydrogen-bond acceptors (Lipinski definition) is 12. The van der Waals surface area contributed by atoms with E-state index in [0.717, 1.165) is 114 Å². The summed E-state index contributed by atoms with van der Waals surface area (Å²) in [6.07, 6.45) is 6.77. The van der Waals surface area contributed by atoms with E-state index in [2.05, 4.69) is 413 Å². The summed E-state index contributed by atoms with van der Waals surface area (Å²) in [5.74, 6) is 0. The normalized spacial score (nSPS) is 13.4. The second kappa shape index (κ2) is 26.1. The van der Waals surface area contributed by atoms with Gasteiger partial charge in [0.15, 0.2) is 0 Å². The first-order valence-corrected chi connectivity index (χ1v) is 40.3. The fourth-order valence-corrected chi connectivity index (χ4v) is 20.2. The van der Waals surface area contributed by atoms with E-state index in [4.69, 9.17) is 0 Å². The number of nitrogens with one attached hydrogen (secondary N) is 1. The molecule has 0 bridgehead atoms. The highest BCUT2D eigenvalue weighted by atomic mass is 32.2. The average molecular weight is 1440 g/mol. The molecule has 1 N–H and O–H groups in total. The molecule has 15 aromatic rings. The Labute approximate surface area is 644 Å². The molecule has 21 rings (SSSR count). The molecule has 15 aromatic carbocycles. The SMILES string of the molecule is CSN1c2cc3c(cc2B2c4cc5c(cc4N(SC)c4cc(N(c6ccccc6)c6ccccc6)cc1c42)N(SC)c1cc(N(c2ccccc2)c2ccccc2)cc2c1B5c1ccccc1N2c1ccccc1)B1c2ccccc2N(c2ccccc2)c2cc(N(c4ccccc4)c4ccccc4)cc(c21)N3. The zero-order valence-corrected chi connectivity index (χ0v) is 62.0. The van der Waals surface area contributed by atoms with Crippen molar-refractivity contribution in [2.45, 2.75) is 0 Å². The van der Waals surface area contributed by atoms with Crippen molar-refractivity contribution in [3.8, 4) is 0 Å². The van der Waals surface area contributed by atoms with Crippen LogP contribution in [0.2, 0.25) is 0 Å². The molecule has 6 heterocycles. The minimum Gasteiger partial charge on any atom is -0.356 e. The monoisotopic (exact) mass is 1440 g/mol. The van der Waals surface area contributed by atoms with Crippen molar-refractivity contribution in [1.29, 1.82) is 0 Å². The Hall–Kier alpha value is -12.3. The molecular weight excluding hydrogens is 1370 g/mol. The van der Waals surface area contributed by atoms with Gasteiger partial charge in [-0.15, -0.1) is 0 Å². The molecule has 9 nitrogen and oxygen atoms in total. The van der Waals surface area contributed by atoms with Gasteiger partial charge < -0.3 is 29.8 Å². The molecule has 6 aliphatic rings. The van der Waals surface area contributed by atoms with Crippen molar-refractivity contribution >= 4 is 236 Å². The van der Waals surface area contributed by atoms with E-state index in [1.165, 1.54) is 66.2 Å². The minimum atomic E-state index is -0.220. The highest BCUT2D eigenvalue weighted by Crippen LogP contribution is 2.53. The zero-order chi connectivity index (χ0) is 71.7. The van der Waals surface area contributed by atoms with Crippen LogP contribution in [0, 0.1) is 0 Å². The molecule has 15 heteroatoms. The molecule has 108 heavy (non-hydrogen) atoms. The Morgan fingerprint density at radius 1 is 0.222 bits per heavy atom. The van der Waals surface area contributed by atoms with Crippen molar-refractivity contribution < 1.29 is 0 Å². The maximum atomic E-state index is 4.28. The second-order valence-corrected chi connectivity index (χ2v) is 30.2. The van der Waals surface area contributed by atoms with E-state index in [9.17, 15) is 0 Å². The Bertz CT molecular complexity index is 5900. The van der Waals surface area contributed by atoms with Gasteiger partial charge in [0.1, 0.15) is 0 Å². The first-order valence-electron chi connectivity index (χ1n) is 36.8. The first kappa shape index (κ1) is 64.2. The predicted molar refractivity (Wildman–Crippen MR) is 470 cm³/mol. The van der Waals surface area contributed by atoms with Crippen molar-refractivity contribution in [2.75, 3.05) is 61.5 Å². The largest absolute Gasteiger partial charge is 0.356 e. The predicted octanol–water partition coefficient (Wildman–Crippen LogP) is 19.5. The number of nitrogens with zero attached hydrogens (tertiary/aromatic N) is 8. The average Bonchev–Trinajstić information content (AvgIpc) is 0.690. The Morgan fingerprint density at radius 2 is 0.509 bits per heavy atom. The topological polar surface area (TPSA) is 38.0 Å².